The van der Waals surface area contributed by atoms with Crippen LogP contribution in [0.25, 0.3) is 0 Å². The summed E-state index contributed by atoms with van der Waals surface area (Å²) < 4.78 is 38.6. The Morgan fingerprint density at radius 2 is 1.87 bits per heavy atom. The maximum atomic E-state index is 12.9. The molecule has 0 saturated carbocycles. The molecule has 1 heterocycles. The van der Waals surface area contributed by atoms with Crippen LogP contribution in [0.3, 0.4) is 0 Å². The van der Waals surface area contributed by atoms with E-state index in [1.165, 1.54) is 28.8 Å². The summed E-state index contributed by atoms with van der Waals surface area (Å²) in [4.78, 5) is 26.2. The molecule has 0 radical (unpaired) electrons. The Hall–Kier alpha value is -2.48. The number of thioether (sulfide) groups is 1. The zero-order chi connectivity index (χ0) is 22.4. The number of alkyl halides is 3. The molecule has 4 nitrogen and oxygen atoms in total. The molecule has 31 heavy (non-hydrogen) atoms. The molecule has 0 aromatic heterocycles. The number of amides is 2. The van der Waals surface area contributed by atoms with Crippen molar-refractivity contribution in [3.8, 4) is 0 Å². The summed E-state index contributed by atoms with van der Waals surface area (Å²) in [6, 6.07) is 11.9. The van der Waals surface area contributed by atoms with Crippen LogP contribution in [-0.4, -0.2) is 17.6 Å². The van der Waals surface area contributed by atoms with Gasteiger partial charge in [-0.25, -0.2) is 0 Å². The quantitative estimate of drug-likeness (QED) is 0.474. The third kappa shape index (κ3) is 6.03. The first-order chi connectivity index (χ1) is 14.8. The van der Waals surface area contributed by atoms with E-state index in [0.717, 1.165) is 43.4 Å². The number of nitrogens with one attached hydrogen (secondary N) is 1. The molecule has 1 atom stereocenters. The van der Waals surface area contributed by atoms with E-state index in [1.54, 1.807) is 12.1 Å². The normalized spacial score (nSPS) is 16.6. The molecule has 8 heteroatoms. The maximum Gasteiger partial charge on any atom is 0.416 e. The van der Waals surface area contributed by atoms with Gasteiger partial charge in [-0.05, 0) is 48.4 Å². The minimum atomic E-state index is -4.43. The van der Waals surface area contributed by atoms with Crippen LogP contribution in [0.4, 0.5) is 24.5 Å². The number of unbranched alkanes of at least 4 members (excludes halogenated alkanes) is 3. The van der Waals surface area contributed by atoms with Crippen LogP contribution in [-0.2, 0) is 15.8 Å². The van der Waals surface area contributed by atoms with Gasteiger partial charge in [-0.2, -0.15) is 13.2 Å². The van der Waals surface area contributed by atoms with Crippen LogP contribution in [0.2, 0.25) is 0 Å². The SMILES string of the molecule is CCCCCCC(=O)Nc1cccc([C@H]2SCC(=O)N2c2ccc(C(F)(F)F)cc2)c1. The zero-order valence-corrected chi connectivity index (χ0v) is 18.1. The highest BCUT2D eigenvalue weighted by molar-refractivity contribution is 8.00. The second-order valence-electron chi connectivity index (χ2n) is 7.46. The Balaban J connectivity index is 1.73. The molecular formula is C23H25F3N2O2S. The maximum absolute atomic E-state index is 12.9. The number of nitrogens with zero attached hydrogens (tertiary/aromatic N) is 1. The fourth-order valence-corrected chi connectivity index (χ4v) is 4.63. The third-order valence-electron chi connectivity index (χ3n) is 5.05. The van der Waals surface area contributed by atoms with Gasteiger partial charge in [0.15, 0.2) is 0 Å². The Bertz CT molecular complexity index is 916. The van der Waals surface area contributed by atoms with Gasteiger partial charge in [0.1, 0.15) is 5.37 Å². The van der Waals surface area contributed by atoms with Crippen molar-refractivity contribution < 1.29 is 22.8 Å². The molecular weight excluding hydrogens is 425 g/mol. The number of hydrogen-bond donors (Lipinski definition) is 1. The van der Waals surface area contributed by atoms with Crippen molar-refractivity contribution in [2.24, 2.45) is 0 Å². The Morgan fingerprint density at radius 3 is 2.55 bits per heavy atom. The summed E-state index contributed by atoms with van der Waals surface area (Å²) in [5, 5.41) is 2.53. The van der Waals surface area contributed by atoms with Crippen LogP contribution in [0.5, 0.6) is 0 Å². The largest absolute Gasteiger partial charge is 0.416 e. The van der Waals surface area contributed by atoms with E-state index in [4.69, 9.17) is 0 Å². The van der Waals surface area contributed by atoms with Crippen molar-refractivity contribution >= 4 is 35.0 Å². The zero-order valence-electron chi connectivity index (χ0n) is 17.2. The molecule has 166 valence electrons. The summed E-state index contributed by atoms with van der Waals surface area (Å²) in [6.45, 7) is 2.12. The molecule has 0 unspecified atom stereocenters. The highest BCUT2D eigenvalue weighted by atomic mass is 32.2. The molecule has 2 aromatic rings. The van der Waals surface area contributed by atoms with Crippen molar-refractivity contribution in [2.45, 2.75) is 50.6 Å². The minimum Gasteiger partial charge on any atom is -0.326 e. The van der Waals surface area contributed by atoms with E-state index < -0.39 is 11.7 Å². The molecule has 1 fully saturated rings. The first kappa shape index (κ1) is 23.2. The molecule has 2 aromatic carbocycles. The van der Waals surface area contributed by atoms with E-state index in [-0.39, 0.29) is 22.9 Å². The predicted molar refractivity (Wildman–Crippen MR) is 118 cm³/mol. The van der Waals surface area contributed by atoms with E-state index in [1.807, 2.05) is 12.1 Å². The first-order valence-electron chi connectivity index (χ1n) is 10.3. The van der Waals surface area contributed by atoms with Crippen molar-refractivity contribution in [3.63, 3.8) is 0 Å². The van der Waals surface area contributed by atoms with E-state index >= 15 is 0 Å². The minimum absolute atomic E-state index is 0.0528. The standard InChI is InChI=1S/C23H25F3N2O2S/c1-2-3-4-5-9-20(29)27-18-8-6-7-16(14-18)22-28(21(30)15-31-22)19-12-10-17(11-13-19)23(24,25)26/h6-8,10-14,22H,2-5,9,15H2,1H3,(H,27,29)/t22-/m1/s1. The van der Waals surface area contributed by atoms with Gasteiger partial charge in [0.2, 0.25) is 11.8 Å². The van der Waals surface area contributed by atoms with Gasteiger partial charge in [0.05, 0.1) is 11.3 Å². The smallest absolute Gasteiger partial charge is 0.326 e. The highest BCUT2D eigenvalue weighted by Crippen LogP contribution is 2.43. The van der Waals surface area contributed by atoms with Crippen LogP contribution < -0.4 is 10.2 Å². The van der Waals surface area contributed by atoms with Crippen LogP contribution >= 0.6 is 11.8 Å². The monoisotopic (exact) mass is 450 g/mol. The summed E-state index contributed by atoms with van der Waals surface area (Å²) >= 11 is 1.40. The number of halogens is 3. The third-order valence-corrected chi connectivity index (χ3v) is 6.27. The van der Waals surface area contributed by atoms with Crippen molar-refractivity contribution in [2.75, 3.05) is 16.0 Å². The number of benzene rings is 2. The average Bonchev–Trinajstić information content (AvgIpc) is 3.12. The predicted octanol–water partition coefficient (Wildman–Crippen LogP) is 6.39. The van der Waals surface area contributed by atoms with Crippen molar-refractivity contribution in [3.05, 3.63) is 59.7 Å². The second kappa shape index (κ2) is 10.2. The molecule has 2 amide bonds. The Labute approximate surface area is 184 Å². The summed E-state index contributed by atoms with van der Waals surface area (Å²) in [5.74, 6) is 0.0165. The molecule has 0 spiro atoms. The van der Waals surface area contributed by atoms with E-state index in [2.05, 4.69) is 12.2 Å². The van der Waals surface area contributed by atoms with Gasteiger partial charge in [0, 0.05) is 17.8 Å². The summed E-state index contributed by atoms with van der Waals surface area (Å²) in [6.07, 6.45) is 0.108. The lowest BCUT2D eigenvalue weighted by atomic mass is 10.1. The molecule has 3 rings (SSSR count). The topological polar surface area (TPSA) is 49.4 Å². The van der Waals surface area contributed by atoms with Gasteiger partial charge in [-0.1, -0.05) is 38.3 Å². The molecule has 1 aliphatic heterocycles. The van der Waals surface area contributed by atoms with Gasteiger partial charge in [-0.15, -0.1) is 11.8 Å². The molecule has 0 bridgehead atoms. The van der Waals surface area contributed by atoms with Crippen LogP contribution in [0, 0.1) is 0 Å². The molecule has 0 aliphatic carbocycles. The van der Waals surface area contributed by atoms with E-state index in [0.29, 0.717) is 17.8 Å². The molecule has 1 aliphatic rings. The number of anilines is 2. The first-order valence-corrected chi connectivity index (χ1v) is 11.3. The number of carbonyl (C=O) groups is 2. The number of hydrogen-bond acceptors (Lipinski definition) is 3. The summed E-state index contributed by atoms with van der Waals surface area (Å²) in [5.41, 5.74) is 1.11. The van der Waals surface area contributed by atoms with Crippen LogP contribution in [0.1, 0.15) is 55.5 Å². The van der Waals surface area contributed by atoms with Crippen molar-refractivity contribution in [1.29, 1.82) is 0 Å². The second-order valence-corrected chi connectivity index (χ2v) is 8.52. The van der Waals surface area contributed by atoms with Gasteiger partial charge in [0.25, 0.3) is 0 Å². The number of carbonyl (C=O) groups excluding carboxylic acids is 2. The average molecular weight is 451 g/mol. The Kier molecular flexibility index (Phi) is 7.64. The molecule has 1 N–H and O–H groups in total. The highest BCUT2D eigenvalue weighted by Gasteiger charge is 2.35. The fraction of sp³-hybridized carbons (Fsp3) is 0.391. The summed E-state index contributed by atoms with van der Waals surface area (Å²) in [7, 11) is 0. The van der Waals surface area contributed by atoms with Gasteiger partial charge in [-0.3, -0.25) is 14.5 Å². The Morgan fingerprint density at radius 1 is 1.13 bits per heavy atom. The van der Waals surface area contributed by atoms with E-state index in [9.17, 15) is 22.8 Å². The van der Waals surface area contributed by atoms with Crippen LogP contribution in [0.15, 0.2) is 48.5 Å². The van der Waals surface area contributed by atoms with Crippen molar-refractivity contribution in [1.82, 2.24) is 0 Å². The lowest BCUT2D eigenvalue weighted by Gasteiger charge is -2.25. The lowest BCUT2D eigenvalue weighted by molar-refractivity contribution is -0.137. The number of rotatable bonds is 8. The molecule has 1 saturated heterocycles. The van der Waals surface area contributed by atoms with Gasteiger partial charge < -0.3 is 5.32 Å². The van der Waals surface area contributed by atoms with Gasteiger partial charge >= 0.3 is 6.18 Å². The lowest BCUT2D eigenvalue weighted by Crippen LogP contribution is -2.28. The fourth-order valence-electron chi connectivity index (χ4n) is 3.47.